The maximum Gasteiger partial charge on any atom is 0.245 e. The number of ether oxygens (including phenoxy) is 1. The fraction of sp³-hybridized carbons (Fsp3) is 0.444. The number of nitrogens with zero attached hydrogens (tertiary/aromatic N) is 2. The van der Waals surface area contributed by atoms with Crippen LogP contribution in [0.3, 0.4) is 0 Å². The van der Waals surface area contributed by atoms with Gasteiger partial charge in [0.2, 0.25) is 11.9 Å². The van der Waals surface area contributed by atoms with Crippen LogP contribution < -0.4 is 20.9 Å². The van der Waals surface area contributed by atoms with E-state index in [1.807, 2.05) is 0 Å². The molecule has 1 atom stereocenters. The Morgan fingerprint density at radius 3 is 2.88 bits per heavy atom. The van der Waals surface area contributed by atoms with Crippen molar-refractivity contribution in [3.05, 3.63) is 12.4 Å². The minimum Gasteiger partial charge on any atom is -0.494 e. The van der Waals surface area contributed by atoms with Crippen LogP contribution in [0.25, 0.3) is 0 Å². The second-order valence-corrected chi connectivity index (χ2v) is 3.35. The summed E-state index contributed by atoms with van der Waals surface area (Å²) in [7, 11) is 1.53. The van der Waals surface area contributed by atoms with Crippen molar-refractivity contribution < 1.29 is 9.53 Å². The SMILES string of the molecule is COc1cnc(NC(=O)C2CCNN2)nc1. The van der Waals surface area contributed by atoms with Crippen LogP contribution >= 0.6 is 0 Å². The van der Waals surface area contributed by atoms with Gasteiger partial charge in [-0.05, 0) is 6.42 Å². The van der Waals surface area contributed by atoms with Gasteiger partial charge in [-0.25, -0.2) is 15.4 Å². The Labute approximate surface area is 92.6 Å². The average Bonchev–Trinajstić information content (AvgIpc) is 2.83. The maximum atomic E-state index is 11.6. The third-order valence-electron chi connectivity index (χ3n) is 2.25. The summed E-state index contributed by atoms with van der Waals surface area (Å²) in [5.41, 5.74) is 5.74. The predicted octanol–water partition coefficient (Wildman–Crippen LogP) is -0.710. The standard InChI is InChI=1S/C9H13N5O2/c1-16-6-4-10-9(11-5-6)13-8(15)7-2-3-12-14-7/h4-5,7,12,14H,2-3H2,1H3,(H,10,11,13,15). The number of aromatic nitrogens is 2. The number of methoxy groups -OCH3 is 1. The molecule has 1 unspecified atom stereocenters. The van der Waals surface area contributed by atoms with Crippen LogP contribution in [0, 0.1) is 0 Å². The summed E-state index contributed by atoms with van der Waals surface area (Å²) >= 11 is 0. The molecule has 0 saturated carbocycles. The van der Waals surface area contributed by atoms with Gasteiger partial charge in [0.1, 0.15) is 6.04 Å². The van der Waals surface area contributed by atoms with Gasteiger partial charge < -0.3 is 4.74 Å². The summed E-state index contributed by atoms with van der Waals surface area (Å²) in [6.45, 7) is 0.779. The van der Waals surface area contributed by atoms with Gasteiger partial charge in [-0.15, -0.1) is 0 Å². The molecule has 3 N–H and O–H groups in total. The molecule has 1 fully saturated rings. The molecule has 1 aromatic heterocycles. The first kappa shape index (κ1) is 10.8. The second-order valence-electron chi connectivity index (χ2n) is 3.35. The molecule has 7 nitrogen and oxygen atoms in total. The lowest BCUT2D eigenvalue weighted by Crippen LogP contribution is -2.39. The summed E-state index contributed by atoms with van der Waals surface area (Å²) in [6.07, 6.45) is 3.76. The molecule has 2 rings (SSSR count). The molecule has 1 aliphatic heterocycles. The Balaban J connectivity index is 1.94. The van der Waals surface area contributed by atoms with Crippen molar-refractivity contribution in [3.8, 4) is 5.75 Å². The number of carbonyl (C=O) groups excluding carboxylic acids is 1. The quantitative estimate of drug-likeness (QED) is 0.627. The Morgan fingerprint density at radius 2 is 2.31 bits per heavy atom. The van der Waals surface area contributed by atoms with E-state index in [0.29, 0.717) is 5.75 Å². The van der Waals surface area contributed by atoms with Crippen molar-refractivity contribution in [1.29, 1.82) is 0 Å². The van der Waals surface area contributed by atoms with Crippen molar-refractivity contribution >= 4 is 11.9 Å². The van der Waals surface area contributed by atoms with E-state index in [2.05, 4.69) is 26.1 Å². The van der Waals surface area contributed by atoms with Crippen LogP contribution in [0.4, 0.5) is 5.95 Å². The Kier molecular flexibility index (Phi) is 3.28. The van der Waals surface area contributed by atoms with Gasteiger partial charge >= 0.3 is 0 Å². The lowest BCUT2D eigenvalue weighted by Gasteiger charge is -2.09. The van der Waals surface area contributed by atoms with E-state index in [4.69, 9.17) is 4.74 Å². The zero-order valence-corrected chi connectivity index (χ0v) is 8.86. The van der Waals surface area contributed by atoms with Crippen molar-refractivity contribution in [2.45, 2.75) is 12.5 Å². The molecule has 7 heteroatoms. The number of amides is 1. The van der Waals surface area contributed by atoms with E-state index in [-0.39, 0.29) is 17.9 Å². The van der Waals surface area contributed by atoms with Gasteiger partial charge in [-0.1, -0.05) is 0 Å². The molecule has 1 aromatic rings. The molecule has 0 bridgehead atoms. The van der Waals surface area contributed by atoms with E-state index >= 15 is 0 Å². The molecule has 0 spiro atoms. The van der Waals surface area contributed by atoms with Crippen LogP contribution in [0.5, 0.6) is 5.75 Å². The van der Waals surface area contributed by atoms with Gasteiger partial charge in [0.05, 0.1) is 19.5 Å². The molecular formula is C9H13N5O2. The van der Waals surface area contributed by atoms with Gasteiger partial charge in [0.15, 0.2) is 5.75 Å². The van der Waals surface area contributed by atoms with Crippen LogP contribution in [-0.2, 0) is 4.79 Å². The number of hydrazine groups is 1. The number of nitrogens with one attached hydrogen (secondary N) is 3. The van der Waals surface area contributed by atoms with Crippen LogP contribution in [0.15, 0.2) is 12.4 Å². The molecular weight excluding hydrogens is 210 g/mol. The highest BCUT2D eigenvalue weighted by molar-refractivity contribution is 5.93. The number of hydrogen-bond donors (Lipinski definition) is 3. The molecule has 1 aliphatic rings. The predicted molar refractivity (Wildman–Crippen MR) is 56.8 cm³/mol. The van der Waals surface area contributed by atoms with Crippen molar-refractivity contribution in [1.82, 2.24) is 20.8 Å². The smallest absolute Gasteiger partial charge is 0.245 e. The van der Waals surface area contributed by atoms with Gasteiger partial charge in [-0.3, -0.25) is 15.5 Å². The zero-order chi connectivity index (χ0) is 11.4. The molecule has 0 radical (unpaired) electrons. The highest BCUT2D eigenvalue weighted by Gasteiger charge is 2.22. The first-order chi connectivity index (χ1) is 7.79. The fourth-order valence-corrected chi connectivity index (χ4v) is 1.36. The Bertz CT molecular complexity index is 361. The molecule has 1 amide bonds. The van der Waals surface area contributed by atoms with Crippen LogP contribution in [0.2, 0.25) is 0 Å². The topological polar surface area (TPSA) is 88.2 Å². The van der Waals surface area contributed by atoms with Crippen LogP contribution in [0.1, 0.15) is 6.42 Å². The first-order valence-electron chi connectivity index (χ1n) is 4.95. The summed E-state index contributed by atoms with van der Waals surface area (Å²) in [4.78, 5) is 19.5. The third kappa shape index (κ3) is 2.44. The molecule has 86 valence electrons. The first-order valence-corrected chi connectivity index (χ1v) is 4.95. The highest BCUT2D eigenvalue weighted by atomic mass is 16.5. The summed E-state index contributed by atoms with van der Waals surface area (Å²) in [5.74, 6) is 0.688. The minimum atomic E-state index is -0.231. The van der Waals surface area contributed by atoms with Gasteiger partial charge in [0, 0.05) is 6.54 Å². The molecule has 2 heterocycles. The number of anilines is 1. The largest absolute Gasteiger partial charge is 0.494 e. The normalized spacial score (nSPS) is 19.4. The van der Waals surface area contributed by atoms with E-state index in [1.54, 1.807) is 0 Å². The van der Waals surface area contributed by atoms with Crippen molar-refractivity contribution in [2.24, 2.45) is 0 Å². The third-order valence-corrected chi connectivity index (χ3v) is 2.25. The second kappa shape index (κ2) is 4.86. The maximum absolute atomic E-state index is 11.6. The molecule has 1 saturated heterocycles. The van der Waals surface area contributed by atoms with Crippen LogP contribution in [-0.4, -0.2) is 35.6 Å². The number of carbonyl (C=O) groups is 1. The van der Waals surface area contributed by atoms with Crippen molar-refractivity contribution in [3.63, 3.8) is 0 Å². The Morgan fingerprint density at radius 1 is 1.56 bits per heavy atom. The molecule has 0 aliphatic carbocycles. The average molecular weight is 223 g/mol. The lowest BCUT2D eigenvalue weighted by molar-refractivity contribution is -0.117. The summed E-state index contributed by atoms with van der Waals surface area (Å²) in [5, 5.41) is 2.62. The van der Waals surface area contributed by atoms with Gasteiger partial charge in [0.25, 0.3) is 0 Å². The number of rotatable bonds is 3. The van der Waals surface area contributed by atoms with E-state index in [9.17, 15) is 4.79 Å². The monoisotopic (exact) mass is 223 g/mol. The van der Waals surface area contributed by atoms with E-state index in [0.717, 1.165) is 13.0 Å². The zero-order valence-electron chi connectivity index (χ0n) is 8.86. The number of hydrogen-bond acceptors (Lipinski definition) is 6. The summed E-state index contributed by atoms with van der Waals surface area (Å²) in [6, 6.07) is -0.231. The lowest BCUT2D eigenvalue weighted by atomic mass is 10.2. The van der Waals surface area contributed by atoms with E-state index in [1.165, 1.54) is 19.5 Å². The molecule has 16 heavy (non-hydrogen) atoms. The van der Waals surface area contributed by atoms with Crippen molar-refractivity contribution in [2.75, 3.05) is 19.0 Å². The molecule has 0 aromatic carbocycles. The fourth-order valence-electron chi connectivity index (χ4n) is 1.36. The van der Waals surface area contributed by atoms with Gasteiger partial charge in [-0.2, -0.15) is 0 Å². The Hall–Kier alpha value is -1.73. The summed E-state index contributed by atoms with van der Waals surface area (Å²) < 4.78 is 4.91. The van der Waals surface area contributed by atoms with E-state index < -0.39 is 0 Å². The highest BCUT2D eigenvalue weighted by Crippen LogP contribution is 2.08. The minimum absolute atomic E-state index is 0.143.